The first-order valence-electron chi connectivity index (χ1n) is 9.63. The molecule has 1 aliphatic heterocycles. The summed E-state index contributed by atoms with van der Waals surface area (Å²) >= 11 is 0. The highest BCUT2D eigenvalue weighted by molar-refractivity contribution is 6.04. The fraction of sp³-hybridized carbons (Fsp3) is 0.350. The molecular formula is C20H21N7O2. The molecule has 1 aromatic carbocycles. The summed E-state index contributed by atoms with van der Waals surface area (Å²) in [5.74, 6) is 1.50. The fourth-order valence-corrected chi connectivity index (χ4v) is 4.01. The van der Waals surface area contributed by atoms with Crippen LogP contribution in [0.5, 0.6) is 5.88 Å². The second kappa shape index (κ2) is 6.84. The van der Waals surface area contributed by atoms with Gasteiger partial charge in [0.15, 0.2) is 17.2 Å². The number of likely N-dealkylation sites (tertiary alicyclic amines) is 1. The Hall–Kier alpha value is -3.49. The van der Waals surface area contributed by atoms with Gasteiger partial charge in [-0.25, -0.2) is 0 Å². The van der Waals surface area contributed by atoms with Gasteiger partial charge in [0, 0.05) is 37.5 Å². The SMILES string of the molecule is COc1ccc2nnc(C3CCN(C(=O)c4nn(C)c5ccccc45)CC3)n2n1. The summed E-state index contributed by atoms with van der Waals surface area (Å²) < 4.78 is 8.72. The van der Waals surface area contributed by atoms with Gasteiger partial charge in [-0.2, -0.15) is 9.61 Å². The molecule has 9 nitrogen and oxygen atoms in total. The monoisotopic (exact) mass is 391 g/mol. The molecule has 0 N–H and O–H groups in total. The maximum atomic E-state index is 13.1. The standard InChI is InChI=1S/C20H21N7O2/c1-25-15-6-4-3-5-14(15)18(24-25)20(28)26-11-9-13(10-12-26)19-22-21-16-7-8-17(29-2)23-27(16)19/h3-8,13H,9-12H2,1-2H3. The lowest BCUT2D eigenvalue weighted by Gasteiger charge is -2.30. The summed E-state index contributed by atoms with van der Waals surface area (Å²) in [7, 11) is 3.45. The Labute approximate surface area is 166 Å². The van der Waals surface area contributed by atoms with Crippen LogP contribution in [-0.2, 0) is 7.05 Å². The Balaban J connectivity index is 1.36. The van der Waals surface area contributed by atoms with Crippen molar-refractivity contribution in [2.75, 3.05) is 20.2 Å². The lowest BCUT2D eigenvalue weighted by atomic mass is 9.96. The topological polar surface area (TPSA) is 90.4 Å². The van der Waals surface area contributed by atoms with Gasteiger partial charge in [-0.3, -0.25) is 9.48 Å². The van der Waals surface area contributed by atoms with E-state index in [2.05, 4.69) is 20.4 Å². The third-order valence-electron chi connectivity index (χ3n) is 5.58. The number of carbonyl (C=O) groups is 1. The van der Waals surface area contributed by atoms with Crippen LogP contribution < -0.4 is 4.74 Å². The number of aromatic nitrogens is 6. The number of fused-ring (bicyclic) bond motifs is 2. The van der Waals surface area contributed by atoms with Crippen LogP contribution in [0.1, 0.15) is 35.1 Å². The molecule has 1 aliphatic rings. The van der Waals surface area contributed by atoms with Crippen molar-refractivity contribution in [1.29, 1.82) is 0 Å². The Morgan fingerprint density at radius 1 is 1.07 bits per heavy atom. The minimum atomic E-state index is -0.0221. The second-order valence-electron chi connectivity index (χ2n) is 7.26. The molecule has 148 valence electrons. The second-order valence-corrected chi connectivity index (χ2v) is 7.26. The van der Waals surface area contributed by atoms with Crippen molar-refractivity contribution in [2.45, 2.75) is 18.8 Å². The summed E-state index contributed by atoms with van der Waals surface area (Å²) in [6, 6.07) is 11.4. The van der Waals surface area contributed by atoms with E-state index < -0.39 is 0 Å². The molecule has 0 aliphatic carbocycles. The zero-order chi connectivity index (χ0) is 20.0. The number of aryl methyl sites for hydroxylation is 1. The molecule has 5 rings (SSSR count). The van der Waals surface area contributed by atoms with Crippen molar-refractivity contribution in [1.82, 2.24) is 34.5 Å². The maximum absolute atomic E-state index is 13.1. The number of rotatable bonds is 3. The number of piperidine rings is 1. The van der Waals surface area contributed by atoms with Crippen LogP contribution in [0.3, 0.4) is 0 Å². The predicted octanol–water partition coefficient (Wildman–Crippen LogP) is 2.04. The van der Waals surface area contributed by atoms with Crippen LogP contribution in [0, 0.1) is 0 Å². The lowest BCUT2D eigenvalue weighted by molar-refractivity contribution is 0.0705. The van der Waals surface area contributed by atoms with Gasteiger partial charge in [-0.1, -0.05) is 18.2 Å². The number of nitrogens with zero attached hydrogens (tertiary/aromatic N) is 7. The first-order chi connectivity index (χ1) is 14.2. The Morgan fingerprint density at radius 3 is 2.66 bits per heavy atom. The number of hydrogen-bond donors (Lipinski definition) is 0. The van der Waals surface area contributed by atoms with E-state index in [0.717, 1.165) is 29.6 Å². The zero-order valence-corrected chi connectivity index (χ0v) is 16.3. The molecule has 0 radical (unpaired) electrons. The van der Waals surface area contributed by atoms with E-state index >= 15 is 0 Å². The highest BCUT2D eigenvalue weighted by atomic mass is 16.5. The van der Waals surface area contributed by atoms with Gasteiger partial charge in [0.1, 0.15) is 0 Å². The Morgan fingerprint density at radius 2 is 1.86 bits per heavy atom. The van der Waals surface area contributed by atoms with Crippen LogP contribution in [0.2, 0.25) is 0 Å². The molecule has 29 heavy (non-hydrogen) atoms. The predicted molar refractivity (Wildman–Crippen MR) is 106 cm³/mol. The minimum absolute atomic E-state index is 0.0221. The summed E-state index contributed by atoms with van der Waals surface area (Å²) in [6.45, 7) is 1.29. The largest absolute Gasteiger partial charge is 0.480 e. The smallest absolute Gasteiger partial charge is 0.275 e. The van der Waals surface area contributed by atoms with Crippen molar-refractivity contribution in [3.8, 4) is 5.88 Å². The maximum Gasteiger partial charge on any atom is 0.275 e. The van der Waals surface area contributed by atoms with Crippen LogP contribution in [0.4, 0.5) is 0 Å². The normalized spacial score (nSPS) is 15.3. The zero-order valence-electron chi connectivity index (χ0n) is 16.3. The van der Waals surface area contributed by atoms with E-state index in [9.17, 15) is 4.79 Å². The summed E-state index contributed by atoms with van der Waals surface area (Å²) in [4.78, 5) is 15.0. The number of ether oxygens (including phenoxy) is 1. The fourth-order valence-electron chi connectivity index (χ4n) is 4.01. The number of carbonyl (C=O) groups excluding carboxylic acids is 1. The summed E-state index contributed by atoms with van der Waals surface area (Å²) in [6.07, 6.45) is 1.60. The van der Waals surface area contributed by atoms with E-state index in [4.69, 9.17) is 4.74 Å². The molecule has 0 unspecified atom stereocenters. The summed E-state index contributed by atoms with van der Waals surface area (Å²) in [5, 5.41) is 18.4. The summed E-state index contributed by atoms with van der Waals surface area (Å²) in [5.41, 5.74) is 2.17. The van der Waals surface area contributed by atoms with Gasteiger partial charge in [0.05, 0.1) is 12.6 Å². The highest BCUT2D eigenvalue weighted by Crippen LogP contribution is 2.29. The number of methoxy groups -OCH3 is 1. The van der Waals surface area contributed by atoms with Crippen LogP contribution in [0.15, 0.2) is 36.4 Å². The average molecular weight is 391 g/mol. The van der Waals surface area contributed by atoms with E-state index in [1.165, 1.54) is 0 Å². The Bertz CT molecular complexity index is 1200. The van der Waals surface area contributed by atoms with Crippen LogP contribution in [0.25, 0.3) is 16.6 Å². The number of hydrogen-bond acceptors (Lipinski definition) is 6. The van der Waals surface area contributed by atoms with Gasteiger partial charge >= 0.3 is 0 Å². The van der Waals surface area contributed by atoms with E-state index in [1.807, 2.05) is 42.3 Å². The van der Waals surface area contributed by atoms with E-state index in [1.54, 1.807) is 22.4 Å². The molecular weight excluding hydrogens is 370 g/mol. The van der Waals surface area contributed by atoms with Gasteiger partial charge in [0.2, 0.25) is 5.88 Å². The molecule has 4 aromatic rings. The van der Waals surface area contributed by atoms with Crippen molar-refractivity contribution < 1.29 is 9.53 Å². The van der Waals surface area contributed by atoms with Gasteiger partial charge in [0.25, 0.3) is 5.91 Å². The van der Waals surface area contributed by atoms with Crippen molar-refractivity contribution in [3.05, 3.63) is 47.9 Å². The molecule has 1 amide bonds. The van der Waals surface area contributed by atoms with Crippen molar-refractivity contribution >= 4 is 22.5 Å². The molecule has 0 bridgehead atoms. The first kappa shape index (κ1) is 17.6. The molecule has 4 heterocycles. The van der Waals surface area contributed by atoms with Crippen molar-refractivity contribution in [3.63, 3.8) is 0 Å². The molecule has 0 saturated carbocycles. The molecule has 9 heteroatoms. The molecule has 0 spiro atoms. The molecule has 1 saturated heterocycles. The molecule has 1 fully saturated rings. The van der Waals surface area contributed by atoms with Gasteiger partial charge in [-0.15, -0.1) is 15.3 Å². The first-order valence-corrected chi connectivity index (χ1v) is 9.63. The highest BCUT2D eigenvalue weighted by Gasteiger charge is 2.29. The van der Waals surface area contributed by atoms with Crippen LogP contribution in [-0.4, -0.2) is 60.6 Å². The van der Waals surface area contributed by atoms with E-state index in [-0.39, 0.29) is 11.8 Å². The van der Waals surface area contributed by atoms with Crippen molar-refractivity contribution in [2.24, 2.45) is 7.05 Å². The van der Waals surface area contributed by atoms with Gasteiger partial charge in [-0.05, 0) is 25.0 Å². The number of para-hydroxylation sites is 1. The number of benzene rings is 1. The minimum Gasteiger partial charge on any atom is -0.480 e. The van der Waals surface area contributed by atoms with Gasteiger partial charge < -0.3 is 9.64 Å². The quantitative estimate of drug-likeness (QED) is 0.531. The van der Waals surface area contributed by atoms with E-state index in [0.29, 0.717) is 30.3 Å². The third kappa shape index (κ3) is 2.89. The van der Waals surface area contributed by atoms with Crippen LogP contribution >= 0.6 is 0 Å². The molecule has 3 aromatic heterocycles. The molecule has 0 atom stereocenters. The lowest BCUT2D eigenvalue weighted by Crippen LogP contribution is -2.38. The Kier molecular flexibility index (Phi) is 4.15. The number of amides is 1. The average Bonchev–Trinajstić information content (AvgIpc) is 3.34. The third-order valence-corrected chi connectivity index (χ3v) is 5.58.